The van der Waals surface area contributed by atoms with Crippen LogP contribution in [0.1, 0.15) is 45.4 Å². The molecular formula is C13H21NS2. The Morgan fingerprint density at radius 2 is 1.69 bits per heavy atom. The average molecular weight is 255 g/mol. The molecule has 0 saturated heterocycles. The van der Waals surface area contributed by atoms with Crippen LogP contribution in [0.25, 0.3) is 0 Å². The lowest BCUT2D eigenvalue weighted by Crippen LogP contribution is -2.59. The summed E-state index contributed by atoms with van der Waals surface area (Å²) in [6, 6.07) is 0. The predicted molar refractivity (Wildman–Crippen MR) is 74.8 cm³/mol. The maximum absolute atomic E-state index is 5.44. The second-order valence-electron chi connectivity index (χ2n) is 6.04. The van der Waals surface area contributed by atoms with Crippen molar-refractivity contribution in [2.45, 2.75) is 51.0 Å². The SMILES string of the molecule is CCSC(=S)NC12CC3CC(CC(C3)C1)C2. The highest BCUT2D eigenvalue weighted by molar-refractivity contribution is 8.22. The first-order chi connectivity index (χ1) is 7.69. The highest BCUT2D eigenvalue weighted by atomic mass is 32.2. The van der Waals surface area contributed by atoms with Gasteiger partial charge in [0.25, 0.3) is 0 Å². The Morgan fingerprint density at radius 3 is 2.12 bits per heavy atom. The summed E-state index contributed by atoms with van der Waals surface area (Å²) in [6.07, 6.45) is 8.70. The highest BCUT2D eigenvalue weighted by Gasteiger charge is 2.51. The molecule has 0 aromatic rings. The molecule has 16 heavy (non-hydrogen) atoms. The number of nitrogens with one attached hydrogen (secondary N) is 1. The molecule has 0 aromatic carbocycles. The molecule has 0 amide bonds. The van der Waals surface area contributed by atoms with Crippen LogP contribution in [-0.2, 0) is 0 Å². The predicted octanol–water partition coefficient (Wildman–Crippen LogP) is 3.58. The maximum Gasteiger partial charge on any atom is 0.134 e. The van der Waals surface area contributed by atoms with E-state index in [9.17, 15) is 0 Å². The summed E-state index contributed by atoms with van der Waals surface area (Å²) < 4.78 is 1.05. The second kappa shape index (κ2) is 4.16. The molecule has 4 aliphatic rings. The van der Waals surface area contributed by atoms with Gasteiger partial charge in [0.2, 0.25) is 0 Å². The zero-order valence-electron chi connectivity index (χ0n) is 10.00. The molecular weight excluding hydrogens is 234 g/mol. The Labute approximate surface area is 108 Å². The molecule has 0 unspecified atom stereocenters. The Kier molecular flexibility index (Phi) is 2.95. The van der Waals surface area contributed by atoms with Crippen molar-refractivity contribution in [1.82, 2.24) is 5.32 Å². The molecule has 4 bridgehead atoms. The summed E-state index contributed by atoms with van der Waals surface area (Å²) in [6.45, 7) is 2.18. The van der Waals surface area contributed by atoms with Crippen LogP contribution in [0.15, 0.2) is 0 Å². The van der Waals surface area contributed by atoms with Gasteiger partial charge in [0.05, 0.1) is 0 Å². The lowest BCUT2D eigenvalue weighted by atomic mass is 9.53. The van der Waals surface area contributed by atoms with E-state index in [0.29, 0.717) is 5.54 Å². The average Bonchev–Trinajstić information content (AvgIpc) is 2.13. The molecule has 0 spiro atoms. The van der Waals surface area contributed by atoms with E-state index in [1.54, 1.807) is 11.8 Å². The molecule has 0 atom stereocenters. The number of hydrogen-bond donors (Lipinski definition) is 1. The van der Waals surface area contributed by atoms with E-state index in [-0.39, 0.29) is 0 Å². The van der Waals surface area contributed by atoms with E-state index in [1.807, 2.05) is 0 Å². The highest BCUT2D eigenvalue weighted by Crippen LogP contribution is 2.55. The molecule has 3 heteroatoms. The first-order valence-corrected chi connectivity index (χ1v) is 8.03. The van der Waals surface area contributed by atoms with Gasteiger partial charge in [0.1, 0.15) is 4.32 Å². The standard InChI is InChI=1S/C13H21NS2/c1-2-16-12(15)14-13-6-9-3-10(7-13)5-11(4-9)8-13/h9-11H,2-8H2,1H3,(H,14,15). The van der Waals surface area contributed by atoms with Gasteiger partial charge < -0.3 is 5.32 Å². The maximum atomic E-state index is 5.44. The summed E-state index contributed by atoms with van der Waals surface area (Å²) in [5.41, 5.74) is 0.411. The van der Waals surface area contributed by atoms with Gasteiger partial charge in [-0.2, -0.15) is 0 Å². The Balaban J connectivity index is 1.71. The first-order valence-electron chi connectivity index (χ1n) is 6.64. The van der Waals surface area contributed by atoms with Crippen LogP contribution < -0.4 is 5.32 Å². The second-order valence-corrected chi connectivity index (χ2v) is 7.98. The van der Waals surface area contributed by atoms with Crippen LogP contribution in [0.4, 0.5) is 0 Å². The lowest BCUT2D eigenvalue weighted by Gasteiger charge is -2.57. The fourth-order valence-electron chi connectivity index (χ4n) is 4.65. The van der Waals surface area contributed by atoms with Gasteiger partial charge in [-0.3, -0.25) is 0 Å². The van der Waals surface area contributed by atoms with Crippen LogP contribution in [0.5, 0.6) is 0 Å². The Morgan fingerprint density at radius 1 is 1.19 bits per heavy atom. The minimum Gasteiger partial charge on any atom is -0.366 e. The minimum atomic E-state index is 0.411. The summed E-state index contributed by atoms with van der Waals surface area (Å²) >= 11 is 7.24. The van der Waals surface area contributed by atoms with Crippen molar-refractivity contribution < 1.29 is 0 Å². The van der Waals surface area contributed by atoms with Gasteiger partial charge in [-0.05, 0) is 62.0 Å². The third-order valence-electron chi connectivity index (χ3n) is 4.68. The Bertz CT molecular complexity index is 265. The third kappa shape index (κ3) is 2.01. The van der Waals surface area contributed by atoms with Crippen molar-refractivity contribution in [2.24, 2.45) is 17.8 Å². The molecule has 4 saturated carbocycles. The van der Waals surface area contributed by atoms with E-state index < -0.39 is 0 Å². The van der Waals surface area contributed by atoms with Gasteiger partial charge in [-0.25, -0.2) is 0 Å². The van der Waals surface area contributed by atoms with Crippen molar-refractivity contribution in [3.63, 3.8) is 0 Å². The summed E-state index contributed by atoms with van der Waals surface area (Å²) in [5, 5.41) is 3.72. The van der Waals surface area contributed by atoms with Gasteiger partial charge in [0.15, 0.2) is 0 Å². The molecule has 90 valence electrons. The lowest BCUT2D eigenvalue weighted by molar-refractivity contribution is -0.00933. The van der Waals surface area contributed by atoms with Gasteiger partial charge in [-0.15, -0.1) is 0 Å². The molecule has 0 aliphatic heterocycles. The summed E-state index contributed by atoms with van der Waals surface area (Å²) in [7, 11) is 0. The molecule has 1 N–H and O–H groups in total. The fourth-order valence-corrected chi connectivity index (χ4v) is 5.77. The zero-order chi connectivity index (χ0) is 11.2. The Hall–Kier alpha value is 0.240. The van der Waals surface area contributed by atoms with Crippen LogP contribution in [-0.4, -0.2) is 15.6 Å². The number of hydrogen-bond acceptors (Lipinski definition) is 2. The smallest absolute Gasteiger partial charge is 0.134 e. The van der Waals surface area contributed by atoms with E-state index in [2.05, 4.69) is 12.2 Å². The van der Waals surface area contributed by atoms with Crippen molar-refractivity contribution in [3.05, 3.63) is 0 Å². The molecule has 4 rings (SSSR count). The van der Waals surface area contributed by atoms with Crippen LogP contribution in [0.3, 0.4) is 0 Å². The molecule has 0 heterocycles. The minimum absolute atomic E-state index is 0.411. The molecule has 4 aliphatic carbocycles. The summed E-state index contributed by atoms with van der Waals surface area (Å²) in [4.78, 5) is 0. The zero-order valence-corrected chi connectivity index (χ0v) is 11.6. The number of thioether (sulfide) groups is 1. The van der Waals surface area contributed by atoms with Gasteiger partial charge >= 0.3 is 0 Å². The first kappa shape index (κ1) is 11.3. The fraction of sp³-hybridized carbons (Fsp3) is 0.923. The van der Waals surface area contributed by atoms with E-state index >= 15 is 0 Å². The number of rotatable bonds is 2. The number of thiocarbonyl (C=S) groups is 1. The van der Waals surface area contributed by atoms with Gasteiger partial charge in [0, 0.05) is 5.54 Å². The van der Waals surface area contributed by atoms with E-state index in [0.717, 1.165) is 27.8 Å². The largest absolute Gasteiger partial charge is 0.366 e. The van der Waals surface area contributed by atoms with Crippen molar-refractivity contribution in [1.29, 1.82) is 0 Å². The van der Waals surface area contributed by atoms with Gasteiger partial charge in [-0.1, -0.05) is 30.9 Å². The summed E-state index contributed by atoms with van der Waals surface area (Å²) in [5.74, 6) is 4.12. The third-order valence-corrected chi connectivity index (χ3v) is 5.79. The normalized spacial score (nSPS) is 44.7. The van der Waals surface area contributed by atoms with E-state index in [4.69, 9.17) is 12.2 Å². The van der Waals surface area contributed by atoms with E-state index in [1.165, 1.54) is 38.5 Å². The molecule has 0 aromatic heterocycles. The molecule has 0 radical (unpaired) electrons. The van der Waals surface area contributed by atoms with Crippen molar-refractivity contribution >= 4 is 28.3 Å². The topological polar surface area (TPSA) is 12.0 Å². The van der Waals surface area contributed by atoms with Crippen molar-refractivity contribution in [3.8, 4) is 0 Å². The van der Waals surface area contributed by atoms with Crippen LogP contribution in [0, 0.1) is 17.8 Å². The van der Waals surface area contributed by atoms with Crippen LogP contribution >= 0.6 is 24.0 Å². The quantitative estimate of drug-likeness (QED) is 0.758. The molecule has 1 nitrogen and oxygen atoms in total. The van der Waals surface area contributed by atoms with Crippen molar-refractivity contribution in [2.75, 3.05) is 5.75 Å². The van der Waals surface area contributed by atoms with Crippen LogP contribution in [0.2, 0.25) is 0 Å². The monoisotopic (exact) mass is 255 g/mol. The molecule has 4 fully saturated rings.